The number of hydrogen-bond acceptors (Lipinski definition) is 2. The topological polar surface area (TPSA) is 16.4 Å². The van der Waals surface area contributed by atoms with Gasteiger partial charge in [-0.2, -0.15) is 0 Å². The minimum atomic E-state index is 0.898. The predicted molar refractivity (Wildman–Crippen MR) is 314 cm³/mol. The van der Waals surface area contributed by atoms with Crippen molar-refractivity contribution in [3.8, 4) is 66.8 Å². The molecule has 2 heteroatoms. The van der Waals surface area contributed by atoms with E-state index in [1.165, 1.54) is 71.3 Å². The molecule has 0 N–H and O–H groups in total. The molecule has 0 fully saturated rings. The van der Waals surface area contributed by atoms with Crippen LogP contribution in [-0.4, -0.2) is 0 Å². The molecular formula is C72H47NO. The summed E-state index contributed by atoms with van der Waals surface area (Å²) in [6, 6.07) is 103. The zero-order valence-corrected chi connectivity index (χ0v) is 40.5. The van der Waals surface area contributed by atoms with E-state index >= 15 is 0 Å². The van der Waals surface area contributed by atoms with Gasteiger partial charge in [0.2, 0.25) is 0 Å². The van der Waals surface area contributed by atoms with Crippen LogP contribution < -0.4 is 4.90 Å². The van der Waals surface area contributed by atoms with E-state index in [2.05, 4.69) is 278 Å². The van der Waals surface area contributed by atoms with Crippen molar-refractivity contribution in [3.05, 3.63) is 285 Å². The lowest BCUT2D eigenvalue weighted by Crippen LogP contribution is -2.10. The van der Waals surface area contributed by atoms with Crippen LogP contribution in [-0.2, 0) is 0 Å². The van der Waals surface area contributed by atoms with Gasteiger partial charge in [0.1, 0.15) is 11.2 Å². The lowest BCUT2D eigenvalue weighted by molar-refractivity contribution is 0.670. The van der Waals surface area contributed by atoms with E-state index in [-0.39, 0.29) is 0 Å². The average molecular weight is 942 g/mol. The second-order valence-corrected chi connectivity index (χ2v) is 19.2. The number of para-hydroxylation sites is 2. The lowest BCUT2D eigenvalue weighted by atomic mass is 9.84. The second kappa shape index (κ2) is 18.1. The first-order valence-corrected chi connectivity index (χ1v) is 25.4. The highest BCUT2D eigenvalue weighted by Gasteiger charge is 2.20. The molecule has 1 heterocycles. The SMILES string of the molecule is c1ccc(-c2c(-c3ccccc3)c3cc(-c4cccc(N(c5ccc(-c6ccc(-c7ccc8ccccc8c7)cc6)cc5)c5ccc(-c6cccc7c6oc6ccccc67)cc5)c4)ccc3c3ccccc23)cc1. The molecule has 13 aromatic carbocycles. The third kappa shape index (κ3) is 7.60. The fourth-order valence-corrected chi connectivity index (χ4v) is 11.2. The van der Waals surface area contributed by atoms with Crippen molar-refractivity contribution in [2.45, 2.75) is 0 Å². The quantitative estimate of drug-likeness (QED) is 0.134. The molecule has 14 aromatic rings. The molecular weight excluding hydrogens is 895 g/mol. The molecule has 0 bridgehead atoms. The number of anilines is 3. The van der Waals surface area contributed by atoms with Gasteiger partial charge in [-0.3, -0.25) is 0 Å². The van der Waals surface area contributed by atoms with Crippen molar-refractivity contribution in [2.24, 2.45) is 0 Å². The van der Waals surface area contributed by atoms with E-state index in [9.17, 15) is 0 Å². The lowest BCUT2D eigenvalue weighted by Gasteiger charge is -2.26. The van der Waals surface area contributed by atoms with Crippen LogP contribution in [0.1, 0.15) is 0 Å². The fourth-order valence-electron chi connectivity index (χ4n) is 11.2. The highest BCUT2D eigenvalue weighted by molar-refractivity contribution is 6.22. The molecule has 0 unspecified atom stereocenters. The summed E-state index contributed by atoms with van der Waals surface area (Å²) in [4.78, 5) is 2.37. The minimum absolute atomic E-state index is 0.898. The van der Waals surface area contributed by atoms with E-state index in [1.807, 2.05) is 12.1 Å². The zero-order valence-electron chi connectivity index (χ0n) is 40.5. The van der Waals surface area contributed by atoms with Crippen molar-refractivity contribution in [1.82, 2.24) is 0 Å². The van der Waals surface area contributed by atoms with Gasteiger partial charge in [-0.15, -0.1) is 0 Å². The van der Waals surface area contributed by atoms with E-state index in [1.54, 1.807) is 0 Å². The zero-order chi connectivity index (χ0) is 49.0. The third-order valence-electron chi connectivity index (χ3n) is 14.9. The standard InChI is InChI=1S/C72H47NO/c1-3-16-53(17-4-1)70-66-25-10-9-23-63(66)64-44-39-58(47-68(64)71(70)54-18-5-2-6-19-54)56-21-13-22-61(46-56)73(60-42-37-52(38-43-60)62-26-14-27-67-65-24-11-12-28-69(65)74-72(62)67)59-40-35-50(36-41-59)49-29-31-51(32-30-49)57-34-33-48-15-7-8-20-55(48)45-57/h1-47H. The number of rotatable bonds is 9. The largest absolute Gasteiger partial charge is 0.455 e. The monoisotopic (exact) mass is 941 g/mol. The molecule has 0 atom stereocenters. The van der Waals surface area contributed by atoms with Crippen LogP contribution in [0.2, 0.25) is 0 Å². The molecule has 0 saturated heterocycles. The molecule has 346 valence electrons. The Kier molecular flexibility index (Phi) is 10.6. The molecule has 0 aliphatic heterocycles. The van der Waals surface area contributed by atoms with Crippen LogP contribution in [0.5, 0.6) is 0 Å². The minimum Gasteiger partial charge on any atom is -0.455 e. The fraction of sp³-hybridized carbons (Fsp3) is 0. The van der Waals surface area contributed by atoms with Gasteiger partial charge in [0, 0.05) is 33.4 Å². The maximum Gasteiger partial charge on any atom is 0.143 e. The Balaban J connectivity index is 0.880. The first-order chi connectivity index (χ1) is 36.7. The highest BCUT2D eigenvalue weighted by Crippen LogP contribution is 2.47. The molecule has 14 rings (SSSR count). The van der Waals surface area contributed by atoms with Crippen LogP contribution in [0.15, 0.2) is 290 Å². The Hall–Kier alpha value is -9.76. The summed E-state index contributed by atoms with van der Waals surface area (Å²) in [6.45, 7) is 0. The van der Waals surface area contributed by atoms with Crippen molar-refractivity contribution >= 4 is 71.3 Å². The summed E-state index contributed by atoms with van der Waals surface area (Å²) >= 11 is 0. The van der Waals surface area contributed by atoms with E-state index in [0.29, 0.717) is 0 Å². The molecule has 1 aromatic heterocycles. The maximum absolute atomic E-state index is 6.50. The van der Waals surface area contributed by atoms with E-state index in [4.69, 9.17) is 4.42 Å². The molecule has 2 nitrogen and oxygen atoms in total. The van der Waals surface area contributed by atoms with Crippen molar-refractivity contribution < 1.29 is 4.42 Å². The molecule has 0 saturated carbocycles. The summed E-state index contributed by atoms with van der Waals surface area (Å²) in [5, 5.41) is 9.71. The molecule has 0 amide bonds. The molecule has 0 spiro atoms. The van der Waals surface area contributed by atoms with Crippen molar-refractivity contribution in [3.63, 3.8) is 0 Å². The van der Waals surface area contributed by atoms with Gasteiger partial charge in [-0.25, -0.2) is 0 Å². The third-order valence-corrected chi connectivity index (χ3v) is 14.9. The molecule has 0 aliphatic carbocycles. The van der Waals surface area contributed by atoms with Gasteiger partial charge in [-0.1, -0.05) is 231 Å². The van der Waals surface area contributed by atoms with Crippen LogP contribution in [0.25, 0.3) is 121 Å². The van der Waals surface area contributed by atoms with Gasteiger partial charge < -0.3 is 9.32 Å². The first-order valence-electron chi connectivity index (χ1n) is 25.4. The first kappa shape index (κ1) is 43.1. The van der Waals surface area contributed by atoms with Crippen molar-refractivity contribution in [2.75, 3.05) is 4.90 Å². The van der Waals surface area contributed by atoms with Crippen molar-refractivity contribution in [1.29, 1.82) is 0 Å². The number of furan rings is 1. The predicted octanol–water partition coefficient (Wildman–Crippen LogP) is 20.5. The van der Waals surface area contributed by atoms with Gasteiger partial charge in [-0.05, 0) is 148 Å². The van der Waals surface area contributed by atoms with Crippen LogP contribution in [0.4, 0.5) is 17.1 Å². The Labute approximate surface area is 430 Å². The normalized spacial score (nSPS) is 11.5. The van der Waals surface area contributed by atoms with Gasteiger partial charge >= 0.3 is 0 Å². The number of benzene rings is 13. The number of fused-ring (bicyclic) bond motifs is 7. The maximum atomic E-state index is 6.50. The Morgan fingerprint density at radius 1 is 0.230 bits per heavy atom. The van der Waals surface area contributed by atoms with Crippen LogP contribution in [0, 0.1) is 0 Å². The van der Waals surface area contributed by atoms with Gasteiger partial charge in [0.15, 0.2) is 0 Å². The molecule has 0 aliphatic rings. The second-order valence-electron chi connectivity index (χ2n) is 19.2. The Morgan fingerprint density at radius 2 is 0.703 bits per heavy atom. The average Bonchev–Trinajstić information content (AvgIpc) is 3.87. The van der Waals surface area contributed by atoms with Crippen LogP contribution in [0.3, 0.4) is 0 Å². The summed E-state index contributed by atoms with van der Waals surface area (Å²) in [7, 11) is 0. The number of hydrogen-bond donors (Lipinski definition) is 0. The molecule has 0 radical (unpaired) electrons. The van der Waals surface area contributed by atoms with Crippen LogP contribution >= 0.6 is 0 Å². The summed E-state index contributed by atoms with van der Waals surface area (Å²) in [5.74, 6) is 0. The molecule has 74 heavy (non-hydrogen) atoms. The Bertz CT molecular complexity index is 4380. The Morgan fingerprint density at radius 3 is 1.42 bits per heavy atom. The smallest absolute Gasteiger partial charge is 0.143 e. The van der Waals surface area contributed by atoms with E-state index < -0.39 is 0 Å². The highest BCUT2D eigenvalue weighted by atomic mass is 16.3. The summed E-state index contributed by atoms with van der Waals surface area (Å²) in [5.41, 5.74) is 19.1. The number of nitrogens with zero attached hydrogens (tertiary/aromatic N) is 1. The summed E-state index contributed by atoms with van der Waals surface area (Å²) < 4.78 is 6.50. The van der Waals surface area contributed by atoms with E-state index in [0.717, 1.165) is 66.8 Å². The van der Waals surface area contributed by atoms with Gasteiger partial charge in [0.25, 0.3) is 0 Å². The summed E-state index contributed by atoms with van der Waals surface area (Å²) in [6.07, 6.45) is 0. The van der Waals surface area contributed by atoms with Gasteiger partial charge in [0.05, 0.1) is 0 Å².